The van der Waals surface area contributed by atoms with Crippen LogP contribution in [0.2, 0.25) is 0 Å². The quantitative estimate of drug-likeness (QED) is 0.507. The molecule has 2 heteroatoms. The van der Waals surface area contributed by atoms with Gasteiger partial charge in [-0.3, -0.25) is 0 Å². The van der Waals surface area contributed by atoms with E-state index in [2.05, 4.69) is 29.1 Å². The second-order valence-electron chi connectivity index (χ2n) is 2.73. The first-order valence-corrected chi connectivity index (χ1v) is 3.72. The number of aliphatic imine (C=N–C) groups is 1. The number of fused-ring (bicyclic) bond motifs is 1. The van der Waals surface area contributed by atoms with Crippen LogP contribution in [0.3, 0.4) is 0 Å². The van der Waals surface area contributed by atoms with E-state index in [1.165, 1.54) is 5.57 Å². The van der Waals surface area contributed by atoms with E-state index in [-0.39, 0.29) is 0 Å². The van der Waals surface area contributed by atoms with Gasteiger partial charge in [-0.25, -0.2) is 4.99 Å². The van der Waals surface area contributed by atoms with Gasteiger partial charge in [-0.05, 0) is 24.6 Å². The van der Waals surface area contributed by atoms with Crippen molar-refractivity contribution in [3.63, 3.8) is 0 Å². The highest BCUT2D eigenvalue weighted by Crippen LogP contribution is 2.11. The van der Waals surface area contributed by atoms with Crippen molar-refractivity contribution in [2.24, 2.45) is 4.99 Å². The molecule has 56 valence electrons. The molecule has 0 amide bonds. The molecule has 2 aliphatic heterocycles. The van der Waals surface area contributed by atoms with E-state index in [1.54, 1.807) is 0 Å². The molecule has 0 saturated heterocycles. The topological polar surface area (TPSA) is 15.6 Å². The van der Waals surface area contributed by atoms with Crippen molar-refractivity contribution in [3.8, 4) is 0 Å². The Hall–Kier alpha value is -1.31. The summed E-state index contributed by atoms with van der Waals surface area (Å²) in [6, 6.07) is 0. The van der Waals surface area contributed by atoms with Crippen molar-refractivity contribution in [3.05, 3.63) is 36.2 Å². The molecule has 11 heavy (non-hydrogen) atoms. The predicted molar refractivity (Wildman–Crippen MR) is 46.2 cm³/mol. The van der Waals surface area contributed by atoms with Crippen molar-refractivity contribution < 1.29 is 0 Å². The summed E-state index contributed by atoms with van der Waals surface area (Å²) in [6.07, 6.45) is 10.1. The number of hydrogen-bond acceptors (Lipinski definition) is 2. The number of hydrogen-bond donors (Lipinski definition) is 0. The molecule has 0 atom stereocenters. The van der Waals surface area contributed by atoms with Crippen LogP contribution >= 0.6 is 0 Å². The van der Waals surface area contributed by atoms with Gasteiger partial charge in [-0.15, -0.1) is 0 Å². The highest BCUT2D eigenvalue weighted by Gasteiger charge is 2.09. The lowest BCUT2D eigenvalue weighted by molar-refractivity contribution is 0.608. The summed E-state index contributed by atoms with van der Waals surface area (Å²) in [5.74, 6) is 1.04. The van der Waals surface area contributed by atoms with Crippen LogP contribution in [0.25, 0.3) is 0 Å². The summed E-state index contributed by atoms with van der Waals surface area (Å²) < 4.78 is 0. The second kappa shape index (κ2) is 2.38. The Morgan fingerprint density at radius 2 is 2.36 bits per heavy atom. The lowest BCUT2D eigenvalue weighted by Crippen LogP contribution is -2.28. The van der Waals surface area contributed by atoms with Gasteiger partial charge in [-0.2, -0.15) is 0 Å². The fourth-order valence-electron chi connectivity index (χ4n) is 1.21. The third kappa shape index (κ3) is 1.11. The molecule has 0 spiro atoms. The molecule has 2 aliphatic rings. The Balaban J connectivity index is 2.33. The van der Waals surface area contributed by atoms with E-state index in [0.717, 1.165) is 12.4 Å². The summed E-state index contributed by atoms with van der Waals surface area (Å²) in [5, 5.41) is 0. The lowest BCUT2D eigenvalue weighted by Gasteiger charge is -2.24. The Kier molecular flexibility index (Phi) is 1.39. The van der Waals surface area contributed by atoms with E-state index in [9.17, 15) is 0 Å². The molecule has 2 heterocycles. The molecule has 0 aromatic carbocycles. The zero-order chi connectivity index (χ0) is 7.68. The Bertz CT molecular complexity index is 282. The summed E-state index contributed by atoms with van der Waals surface area (Å²) in [6.45, 7) is 3.03. The largest absolute Gasteiger partial charge is 0.329 e. The van der Waals surface area contributed by atoms with Gasteiger partial charge in [0.1, 0.15) is 5.84 Å². The minimum absolute atomic E-state index is 0.945. The van der Waals surface area contributed by atoms with Crippen LogP contribution in [0.5, 0.6) is 0 Å². The van der Waals surface area contributed by atoms with Crippen molar-refractivity contribution >= 4 is 5.84 Å². The molecule has 0 bridgehead atoms. The Morgan fingerprint density at radius 3 is 3.27 bits per heavy atom. The van der Waals surface area contributed by atoms with Gasteiger partial charge in [0.05, 0.1) is 0 Å². The van der Waals surface area contributed by atoms with E-state index in [4.69, 9.17) is 0 Å². The van der Waals surface area contributed by atoms with E-state index in [0.29, 0.717) is 0 Å². The van der Waals surface area contributed by atoms with Crippen molar-refractivity contribution in [1.29, 1.82) is 0 Å². The molecular weight excluding hydrogens is 136 g/mol. The highest BCUT2D eigenvalue weighted by atomic mass is 15.2. The van der Waals surface area contributed by atoms with Gasteiger partial charge in [0.25, 0.3) is 0 Å². The Morgan fingerprint density at radius 1 is 1.45 bits per heavy atom. The van der Waals surface area contributed by atoms with Crippen molar-refractivity contribution in [2.75, 3.05) is 6.54 Å². The highest BCUT2D eigenvalue weighted by molar-refractivity contribution is 5.96. The van der Waals surface area contributed by atoms with Crippen LogP contribution in [0.1, 0.15) is 6.92 Å². The van der Waals surface area contributed by atoms with Crippen LogP contribution < -0.4 is 0 Å². The summed E-state index contributed by atoms with van der Waals surface area (Å²) in [7, 11) is 0. The number of nitrogens with zero attached hydrogens (tertiary/aromatic N) is 2. The molecular formula is C9H10N2. The van der Waals surface area contributed by atoms with Crippen LogP contribution in [-0.2, 0) is 0 Å². The van der Waals surface area contributed by atoms with Crippen LogP contribution in [0, 0.1) is 0 Å². The van der Waals surface area contributed by atoms with Gasteiger partial charge in [0, 0.05) is 18.9 Å². The first-order valence-electron chi connectivity index (χ1n) is 3.72. The molecule has 2 nitrogen and oxygen atoms in total. The van der Waals surface area contributed by atoms with Crippen LogP contribution in [0.15, 0.2) is 41.2 Å². The third-order valence-electron chi connectivity index (χ3n) is 1.76. The zero-order valence-electron chi connectivity index (χ0n) is 6.49. The molecule has 0 fully saturated rings. The normalized spacial score (nSPS) is 21.0. The smallest absolute Gasteiger partial charge is 0.132 e. The number of amidine groups is 1. The van der Waals surface area contributed by atoms with Crippen molar-refractivity contribution in [1.82, 2.24) is 4.90 Å². The Labute approximate surface area is 66.2 Å². The molecule has 0 unspecified atom stereocenters. The minimum Gasteiger partial charge on any atom is -0.329 e. The maximum atomic E-state index is 4.22. The van der Waals surface area contributed by atoms with E-state index < -0.39 is 0 Å². The minimum atomic E-state index is 0.945. The first kappa shape index (κ1) is 6.40. The van der Waals surface area contributed by atoms with Crippen LogP contribution in [0.4, 0.5) is 0 Å². The van der Waals surface area contributed by atoms with Gasteiger partial charge in [0.15, 0.2) is 0 Å². The van der Waals surface area contributed by atoms with Gasteiger partial charge >= 0.3 is 0 Å². The fraction of sp³-hybridized carbons (Fsp3) is 0.222. The zero-order valence-corrected chi connectivity index (χ0v) is 6.49. The van der Waals surface area contributed by atoms with Gasteiger partial charge < -0.3 is 4.90 Å². The number of allylic oxidation sites excluding steroid dienone is 2. The first-order chi connectivity index (χ1) is 5.36. The van der Waals surface area contributed by atoms with Crippen LogP contribution in [-0.4, -0.2) is 17.3 Å². The van der Waals surface area contributed by atoms with Gasteiger partial charge in [-0.1, -0.05) is 6.08 Å². The standard InChI is InChI=1S/C9H10N2/c1-8-3-4-9-10-5-2-6-11(9)7-8/h2-5,7H,6H2,1H3. The molecule has 0 aliphatic carbocycles. The maximum absolute atomic E-state index is 4.22. The fourth-order valence-corrected chi connectivity index (χ4v) is 1.21. The molecule has 0 N–H and O–H groups in total. The average Bonchev–Trinajstić information content (AvgIpc) is 2.04. The molecule has 0 radical (unpaired) electrons. The number of rotatable bonds is 0. The second-order valence-corrected chi connectivity index (χ2v) is 2.73. The summed E-state index contributed by atoms with van der Waals surface area (Å²) in [4.78, 5) is 6.35. The van der Waals surface area contributed by atoms with E-state index >= 15 is 0 Å². The van der Waals surface area contributed by atoms with Gasteiger partial charge in [0.2, 0.25) is 0 Å². The summed E-state index contributed by atoms with van der Waals surface area (Å²) >= 11 is 0. The molecule has 2 rings (SSSR count). The predicted octanol–water partition coefficient (Wildman–Crippen LogP) is 1.69. The van der Waals surface area contributed by atoms with E-state index in [1.807, 2.05) is 18.4 Å². The molecule has 0 aromatic rings. The average molecular weight is 146 g/mol. The molecule has 0 saturated carbocycles. The maximum Gasteiger partial charge on any atom is 0.132 e. The summed E-state index contributed by atoms with van der Waals surface area (Å²) in [5.41, 5.74) is 1.28. The van der Waals surface area contributed by atoms with Crippen molar-refractivity contribution in [2.45, 2.75) is 6.92 Å². The monoisotopic (exact) mass is 146 g/mol. The molecule has 0 aromatic heterocycles. The lowest BCUT2D eigenvalue weighted by atomic mass is 10.2. The SMILES string of the molecule is CC1=CN2CC=CN=C2C=C1. The third-order valence-corrected chi connectivity index (χ3v) is 1.76.